The highest BCUT2D eigenvalue weighted by molar-refractivity contribution is 7.99. The monoisotopic (exact) mass is 260 g/mol. The fourth-order valence-corrected chi connectivity index (χ4v) is 2.56. The number of aryl methyl sites for hydroxylation is 1. The quantitative estimate of drug-likeness (QED) is 0.454. The second-order valence-corrected chi connectivity index (χ2v) is 5.25. The lowest BCUT2D eigenvalue weighted by atomic mass is 10.2. The van der Waals surface area contributed by atoms with Crippen LogP contribution in [0, 0.1) is 0 Å². The number of carbonyl (C=O) groups is 1. The fourth-order valence-electron chi connectivity index (χ4n) is 1.66. The van der Waals surface area contributed by atoms with Gasteiger partial charge in [-0.3, -0.25) is 4.79 Å². The van der Waals surface area contributed by atoms with Gasteiger partial charge in [0, 0.05) is 29.4 Å². The van der Waals surface area contributed by atoms with Crippen LogP contribution in [-0.2, 0) is 6.54 Å². The van der Waals surface area contributed by atoms with Crippen LogP contribution in [0.1, 0.15) is 23.7 Å². The standard InChI is InChI=1S/C14H16N2OS/c1-12(17)13-4-2-5-14(10-13)18-9-3-7-16-8-6-15-11-16/h2,4-6,8,10-11H,3,7,9H2,1H3. The van der Waals surface area contributed by atoms with Crippen molar-refractivity contribution in [2.75, 3.05) is 5.75 Å². The summed E-state index contributed by atoms with van der Waals surface area (Å²) in [6.07, 6.45) is 6.69. The maximum Gasteiger partial charge on any atom is 0.159 e. The summed E-state index contributed by atoms with van der Waals surface area (Å²) in [6, 6.07) is 7.81. The van der Waals surface area contributed by atoms with E-state index in [0.29, 0.717) is 0 Å². The van der Waals surface area contributed by atoms with Crippen molar-refractivity contribution in [3.8, 4) is 0 Å². The Labute approximate surface area is 111 Å². The Morgan fingerprint density at radius 1 is 1.44 bits per heavy atom. The first-order valence-corrected chi connectivity index (χ1v) is 6.94. The number of aromatic nitrogens is 2. The molecule has 1 aromatic heterocycles. The van der Waals surface area contributed by atoms with E-state index in [1.165, 1.54) is 0 Å². The molecule has 0 aliphatic heterocycles. The number of hydrogen-bond acceptors (Lipinski definition) is 3. The maximum absolute atomic E-state index is 11.3. The predicted octanol–water partition coefficient (Wildman–Crippen LogP) is 3.27. The van der Waals surface area contributed by atoms with E-state index in [-0.39, 0.29) is 5.78 Å². The van der Waals surface area contributed by atoms with E-state index in [1.807, 2.05) is 36.8 Å². The number of thioether (sulfide) groups is 1. The van der Waals surface area contributed by atoms with Crippen molar-refractivity contribution in [2.24, 2.45) is 0 Å². The Balaban J connectivity index is 1.79. The lowest BCUT2D eigenvalue weighted by Gasteiger charge is -2.04. The molecule has 0 aliphatic carbocycles. The summed E-state index contributed by atoms with van der Waals surface area (Å²) >= 11 is 1.79. The van der Waals surface area contributed by atoms with E-state index < -0.39 is 0 Å². The van der Waals surface area contributed by atoms with Gasteiger partial charge in [-0.05, 0) is 31.2 Å². The van der Waals surface area contributed by atoms with E-state index >= 15 is 0 Å². The van der Waals surface area contributed by atoms with Crippen molar-refractivity contribution in [1.29, 1.82) is 0 Å². The molecule has 0 amide bonds. The topological polar surface area (TPSA) is 34.9 Å². The van der Waals surface area contributed by atoms with Crippen LogP contribution in [0.15, 0.2) is 47.9 Å². The highest BCUT2D eigenvalue weighted by Gasteiger charge is 2.00. The molecule has 2 aromatic rings. The number of carbonyl (C=O) groups excluding carboxylic acids is 1. The molecule has 0 bridgehead atoms. The molecule has 4 heteroatoms. The van der Waals surface area contributed by atoms with Crippen molar-refractivity contribution in [3.05, 3.63) is 48.5 Å². The van der Waals surface area contributed by atoms with Crippen LogP contribution in [0.2, 0.25) is 0 Å². The van der Waals surface area contributed by atoms with E-state index in [9.17, 15) is 4.79 Å². The average molecular weight is 260 g/mol. The molecule has 0 unspecified atom stereocenters. The summed E-state index contributed by atoms with van der Waals surface area (Å²) in [7, 11) is 0. The lowest BCUT2D eigenvalue weighted by Crippen LogP contribution is -1.96. The van der Waals surface area contributed by atoms with Crippen LogP contribution in [-0.4, -0.2) is 21.1 Å². The number of ketones is 1. The third-order valence-electron chi connectivity index (χ3n) is 2.63. The number of rotatable bonds is 6. The van der Waals surface area contributed by atoms with Gasteiger partial charge in [-0.25, -0.2) is 4.98 Å². The van der Waals surface area contributed by atoms with E-state index in [4.69, 9.17) is 0 Å². The van der Waals surface area contributed by atoms with E-state index in [2.05, 4.69) is 9.55 Å². The Morgan fingerprint density at radius 3 is 3.06 bits per heavy atom. The van der Waals surface area contributed by atoms with Crippen LogP contribution in [0.5, 0.6) is 0 Å². The fraction of sp³-hybridized carbons (Fsp3) is 0.286. The van der Waals surface area contributed by atoms with Gasteiger partial charge in [0.2, 0.25) is 0 Å². The van der Waals surface area contributed by atoms with Gasteiger partial charge in [0.15, 0.2) is 5.78 Å². The normalized spacial score (nSPS) is 10.5. The molecule has 0 aliphatic rings. The summed E-state index contributed by atoms with van der Waals surface area (Å²) in [5, 5.41) is 0. The molecule has 1 aromatic carbocycles. The number of nitrogens with zero attached hydrogens (tertiary/aromatic N) is 2. The zero-order chi connectivity index (χ0) is 12.8. The van der Waals surface area contributed by atoms with Crippen LogP contribution in [0.25, 0.3) is 0 Å². The minimum absolute atomic E-state index is 0.121. The molecule has 18 heavy (non-hydrogen) atoms. The molecule has 3 nitrogen and oxygen atoms in total. The van der Waals surface area contributed by atoms with Crippen molar-refractivity contribution in [2.45, 2.75) is 24.8 Å². The molecule has 0 atom stereocenters. The van der Waals surface area contributed by atoms with Gasteiger partial charge in [0.05, 0.1) is 6.33 Å². The Morgan fingerprint density at radius 2 is 2.33 bits per heavy atom. The summed E-state index contributed by atoms with van der Waals surface area (Å²) < 4.78 is 2.08. The van der Waals surface area contributed by atoms with Gasteiger partial charge < -0.3 is 4.57 Å². The largest absolute Gasteiger partial charge is 0.337 e. The maximum atomic E-state index is 11.3. The van der Waals surface area contributed by atoms with Crippen LogP contribution in [0.4, 0.5) is 0 Å². The average Bonchev–Trinajstić information content (AvgIpc) is 2.88. The first-order chi connectivity index (χ1) is 8.75. The molecular formula is C14H16N2OS. The highest BCUT2D eigenvalue weighted by Crippen LogP contribution is 2.20. The Hall–Kier alpha value is -1.55. The lowest BCUT2D eigenvalue weighted by molar-refractivity contribution is 0.101. The van der Waals surface area contributed by atoms with Crippen LogP contribution >= 0.6 is 11.8 Å². The molecule has 0 fully saturated rings. The molecule has 0 saturated carbocycles. The van der Waals surface area contributed by atoms with Crippen LogP contribution in [0.3, 0.4) is 0 Å². The summed E-state index contributed by atoms with van der Waals surface area (Å²) in [5.74, 6) is 1.16. The zero-order valence-electron chi connectivity index (χ0n) is 10.4. The molecule has 0 radical (unpaired) electrons. The van der Waals surface area contributed by atoms with Gasteiger partial charge in [-0.2, -0.15) is 0 Å². The van der Waals surface area contributed by atoms with Gasteiger partial charge in [0.25, 0.3) is 0 Å². The van der Waals surface area contributed by atoms with Crippen molar-refractivity contribution in [1.82, 2.24) is 9.55 Å². The zero-order valence-corrected chi connectivity index (χ0v) is 11.2. The second-order valence-electron chi connectivity index (χ2n) is 4.09. The second kappa shape index (κ2) is 6.40. The van der Waals surface area contributed by atoms with Gasteiger partial charge >= 0.3 is 0 Å². The molecule has 0 saturated heterocycles. The van der Waals surface area contributed by atoms with Crippen molar-refractivity contribution in [3.63, 3.8) is 0 Å². The van der Waals surface area contributed by atoms with Gasteiger partial charge in [0.1, 0.15) is 0 Å². The Bertz CT molecular complexity index is 508. The van der Waals surface area contributed by atoms with Gasteiger partial charge in [-0.1, -0.05) is 12.1 Å². The highest BCUT2D eigenvalue weighted by atomic mass is 32.2. The van der Waals surface area contributed by atoms with Crippen LogP contribution < -0.4 is 0 Å². The third-order valence-corrected chi connectivity index (χ3v) is 3.71. The number of Topliss-reactive ketones (excluding diaryl/α,β-unsaturated/α-hetero) is 1. The number of benzene rings is 1. The minimum Gasteiger partial charge on any atom is -0.337 e. The number of hydrogen-bond donors (Lipinski definition) is 0. The van der Waals surface area contributed by atoms with E-state index in [0.717, 1.165) is 29.2 Å². The summed E-state index contributed by atoms with van der Waals surface area (Å²) in [5.41, 5.74) is 0.787. The molecular weight excluding hydrogens is 244 g/mol. The molecule has 0 N–H and O–H groups in total. The summed E-state index contributed by atoms with van der Waals surface area (Å²) in [4.78, 5) is 16.4. The van der Waals surface area contributed by atoms with Gasteiger partial charge in [-0.15, -0.1) is 11.8 Å². The molecule has 2 rings (SSSR count). The summed E-state index contributed by atoms with van der Waals surface area (Å²) in [6.45, 7) is 2.59. The smallest absolute Gasteiger partial charge is 0.159 e. The van der Waals surface area contributed by atoms with Crippen molar-refractivity contribution < 1.29 is 4.79 Å². The molecule has 0 spiro atoms. The molecule has 94 valence electrons. The van der Waals surface area contributed by atoms with Crippen molar-refractivity contribution >= 4 is 17.5 Å². The van der Waals surface area contributed by atoms with E-state index in [1.54, 1.807) is 24.9 Å². The molecule has 1 heterocycles. The SMILES string of the molecule is CC(=O)c1cccc(SCCCn2ccnc2)c1. The number of imidazole rings is 1. The first-order valence-electron chi connectivity index (χ1n) is 5.95. The minimum atomic E-state index is 0.121. The Kier molecular flexibility index (Phi) is 4.59. The first kappa shape index (κ1) is 12.9. The predicted molar refractivity (Wildman–Crippen MR) is 74.0 cm³/mol. The third kappa shape index (κ3) is 3.74.